The van der Waals surface area contributed by atoms with Crippen LogP contribution >= 0.6 is 0 Å². The summed E-state index contributed by atoms with van der Waals surface area (Å²) >= 11 is 0. The summed E-state index contributed by atoms with van der Waals surface area (Å²) in [5, 5.41) is 3.95. The molecular weight excluding hydrogens is 182 g/mol. The molecule has 0 radical (unpaired) electrons. The third-order valence-corrected chi connectivity index (χ3v) is 5.15. The van der Waals surface area contributed by atoms with Gasteiger partial charge in [0.15, 0.2) is 0 Å². The van der Waals surface area contributed by atoms with E-state index in [4.69, 9.17) is 0 Å². The van der Waals surface area contributed by atoms with Crippen molar-refractivity contribution in [3.63, 3.8) is 0 Å². The van der Waals surface area contributed by atoms with Crippen LogP contribution in [0.2, 0.25) is 0 Å². The van der Waals surface area contributed by atoms with Crippen LogP contribution in [0.1, 0.15) is 38.5 Å². The SMILES string of the molecule is O=S(C[C@H]1CCCN1)C1CCCC1. The Labute approximate surface area is 82.9 Å². The predicted molar refractivity (Wildman–Crippen MR) is 56.3 cm³/mol. The lowest BCUT2D eigenvalue weighted by Gasteiger charge is -2.13. The standard InChI is InChI=1S/C10H19NOS/c12-13(10-5-1-2-6-10)8-9-4-3-7-11-9/h9-11H,1-8H2/t9-,13?/m1/s1. The van der Waals surface area contributed by atoms with E-state index in [1.165, 1.54) is 38.5 Å². The first-order chi connectivity index (χ1) is 6.36. The molecule has 3 heteroatoms. The summed E-state index contributed by atoms with van der Waals surface area (Å²) in [6.07, 6.45) is 7.52. The normalized spacial score (nSPS) is 32.5. The summed E-state index contributed by atoms with van der Waals surface area (Å²) in [6, 6.07) is 0.557. The predicted octanol–water partition coefficient (Wildman–Crippen LogP) is 1.43. The Hall–Kier alpha value is 0.110. The van der Waals surface area contributed by atoms with Gasteiger partial charge in [-0.15, -0.1) is 0 Å². The first kappa shape index (κ1) is 9.66. The molecule has 0 spiro atoms. The Balaban J connectivity index is 1.76. The largest absolute Gasteiger partial charge is 0.313 e. The molecule has 2 fully saturated rings. The highest BCUT2D eigenvalue weighted by atomic mass is 32.2. The van der Waals surface area contributed by atoms with Crippen LogP contribution in [0, 0.1) is 0 Å². The van der Waals surface area contributed by atoms with E-state index >= 15 is 0 Å². The van der Waals surface area contributed by atoms with Gasteiger partial charge in [0.05, 0.1) is 0 Å². The van der Waals surface area contributed by atoms with Crippen molar-refractivity contribution in [3.05, 3.63) is 0 Å². The zero-order chi connectivity index (χ0) is 9.10. The van der Waals surface area contributed by atoms with E-state index in [1.807, 2.05) is 0 Å². The molecule has 0 aromatic heterocycles. The van der Waals surface area contributed by atoms with Gasteiger partial charge in [-0.3, -0.25) is 4.21 Å². The molecule has 2 rings (SSSR count). The zero-order valence-corrected chi connectivity index (χ0v) is 8.94. The Morgan fingerprint density at radius 1 is 1.15 bits per heavy atom. The molecule has 0 aromatic rings. The molecule has 1 unspecified atom stereocenters. The van der Waals surface area contributed by atoms with Crippen LogP contribution in [-0.4, -0.2) is 27.8 Å². The second-order valence-electron chi connectivity index (χ2n) is 4.25. The Morgan fingerprint density at radius 3 is 2.54 bits per heavy atom. The molecule has 0 bridgehead atoms. The van der Waals surface area contributed by atoms with E-state index in [2.05, 4.69) is 5.32 Å². The molecule has 1 N–H and O–H groups in total. The quantitative estimate of drug-likeness (QED) is 0.748. The van der Waals surface area contributed by atoms with Gasteiger partial charge >= 0.3 is 0 Å². The second-order valence-corrected chi connectivity index (χ2v) is 6.01. The fourth-order valence-electron chi connectivity index (χ4n) is 2.38. The van der Waals surface area contributed by atoms with Crippen LogP contribution in [0.4, 0.5) is 0 Å². The maximum Gasteiger partial charge on any atom is 0.0391 e. The fraction of sp³-hybridized carbons (Fsp3) is 1.00. The summed E-state index contributed by atoms with van der Waals surface area (Å²) in [5.41, 5.74) is 0. The Morgan fingerprint density at radius 2 is 1.92 bits per heavy atom. The van der Waals surface area contributed by atoms with Crippen LogP contribution in [0.3, 0.4) is 0 Å². The minimum Gasteiger partial charge on any atom is -0.313 e. The summed E-state index contributed by atoms with van der Waals surface area (Å²) in [5.74, 6) is 0.907. The van der Waals surface area contributed by atoms with Crippen LogP contribution in [0.25, 0.3) is 0 Å². The molecule has 1 saturated carbocycles. The number of hydrogen-bond acceptors (Lipinski definition) is 2. The van der Waals surface area contributed by atoms with E-state index in [1.54, 1.807) is 0 Å². The molecule has 1 heterocycles. The van der Waals surface area contributed by atoms with Gasteiger partial charge in [-0.2, -0.15) is 0 Å². The van der Waals surface area contributed by atoms with Crippen LogP contribution in [0.15, 0.2) is 0 Å². The highest BCUT2D eigenvalue weighted by molar-refractivity contribution is 7.85. The minimum absolute atomic E-state index is 0.530. The average Bonchev–Trinajstić information content (AvgIpc) is 2.74. The van der Waals surface area contributed by atoms with Crippen molar-refractivity contribution in [2.45, 2.75) is 49.8 Å². The van der Waals surface area contributed by atoms with E-state index in [-0.39, 0.29) is 0 Å². The van der Waals surface area contributed by atoms with Gasteiger partial charge < -0.3 is 5.32 Å². The Bertz CT molecular complexity index is 183. The van der Waals surface area contributed by atoms with E-state index < -0.39 is 10.8 Å². The molecule has 76 valence electrons. The molecule has 2 atom stereocenters. The first-order valence-electron chi connectivity index (χ1n) is 5.47. The van der Waals surface area contributed by atoms with Crippen LogP contribution < -0.4 is 5.32 Å². The first-order valence-corrected chi connectivity index (χ1v) is 6.85. The summed E-state index contributed by atoms with van der Waals surface area (Å²) < 4.78 is 11.9. The van der Waals surface area contributed by atoms with Crippen molar-refractivity contribution < 1.29 is 4.21 Å². The van der Waals surface area contributed by atoms with Gasteiger partial charge in [0.1, 0.15) is 0 Å². The smallest absolute Gasteiger partial charge is 0.0391 e. The van der Waals surface area contributed by atoms with Crippen LogP contribution in [0.5, 0.6) is 0 Å². The van der Waals surface area contributed by atoms with Crippen molar-refractivity contribution in [2.75, 3.05) is 12.3 Å². The maximum absolute atomic E-state index is 11.9. The number of nitrogens with one attached hydrogen (secondary N) is 1. The van der Waals surface area contributed by atoms with Crippen LogP contribution in [-0.2, 0) is 10.8 Å². The third-order valence-electron chi connectivity index (χ3n) is 3.20. The van der Waals surface area contributed by atoms with Gasteiger partial charge in [0, 0.05) is 27.8 Å². The topological polar surface area (TPSA) is 29.1 Å². The zero-order valence-electron chi connectivity index (χ0n) is 8.13. The third kappa shape index (κ3) is 2.53. The minimum atomic E-state index is -0.548. The highest BCUT2D eigenvalue weighted by Crippen LogP contribution is 2.23. The Kier molecular flexibility index (Phi) is 3.39. The van der Waals surface area contributed by atoms with Crippen molar-refractivity contribution in [1.82, 2.24) is 5.32 Å². The lowest BCUT2D eigenvalue weighted by molar-refractivity contribution is 0.633. The van der Waals surface area contributed by atoms with E-state index in [9.17, 15) is 4.21 Å². The second kappa shape index (κ2) is 4.56. The molecule has 1 aliphatic heterocycles. The molecule has 2 aliphatic rings. The fourth-order valence-corrected chi connectivity index (χ4v) is 4.20. The lowest BCUT2D eigenvalue weighted by atomic mass is 10.3. The molecule has 1 aliphatic carbocycles. The molecule has 2 nitrogen and oxygen atoms in total. The maximum atomic E-state index is 11.9. The molecular formula is C10H19NOS. The monoisotopic (exact) mass is 201 g/mol. The van der Waals surface area contributed by atoms with Gasteiger partial charge in [-0.25, -0.2) is 0 Å². The van der Waals surface area contributed by atoms with Crippen molar-refractivity contribution in [3.8, 4) is 0 Å². The summed E-state index contributed by atoms with van der Waals surface area (Å²) in [4.78, 5) is 0. The van der Waals surface area contributed by atoms with Gasteiger partial charge in [0.2, 0.25) is 0 Å². The van der Waals surface area contributed by atoms with Crippen molar-refractivity contribution >= 4 is 10.8 Å². The molecule has 13 heavy (non-hydrogen) atoms. The number of rotatable bonds is 3. The van der Waals surface area contributed by atoms with Gasteiger partial charge in [-0.05, 0) is 32.2 Å². The molecule has 0 amide bonds. The van der Waals surface area contributed by atoms with Crippen molar-refractivity contribution in [2.24, 2.45) is 0 Å². The highest BCUT2D eigenvalue weighted by Gasteiger charge is 2.24. The van der Waals surface area contributed by atoms with E-state index in [0.717, 1.165) is 12.3 Å². The molecule has 0 aromatic carbocycles. The van der Waals surface area contributed by atoms with Crippen molar-refractivity contribution in [1.29, 1.82) is 0 Å². The van der Waals surface area contributed by atoms with Gasteiger partial charge in [-0.1, -0.05) is 12.8 Å². The lowest BCUT2D eigenvalue weighted by Crippen LogP contribution is -2.30. The average molecular weight is 201 g/mol. The van der Waals surface area contributed by atoms with E-state index in [0.29, 0.717) is 11.3 Å². The summed E-state index contributed by atoms with van der Waals surface area (Å²) in [6.45, 7) is 1.13. The summed E-state index contributed by atoms with van der Waals surface area (Å²) in [7, 11) is -0.548. The van der Waals surface area contributed by atoms with Gasteiger partial charge in [0.25, 0.3) is 0 Å². The molecule has 1 saturated heterocycles. The number of hydrogen-bond donors (Lipinski definition) is 1.